The number of nitrogens with zero attached hydrogens (tertiary/aromatic N) is 2. The fraction of sp³-hybridized carbons (Fsp3) is 0.0435. The van der Waals surface area contributed by atoms with Crippen molar-refractivity contribution >= 4 is 33.5 Å². The number of benzene rings is 2. The lowest BCUT2D eigenvalue weighted by Gasteiger charge is -2.12. The number of rotatable bonds is 4. The molecule has 6 nitrogen and oxygen atoms in total. The molecule has 0 aliphatic rings. The van der Waals surface area contributed by atoms with E-state index in [9.17, 15) is 18.8 Å². The standard InChI is InChI=1S/C23H16F2N4O2/c24-17-3-1-2-14(8-17)12-28-20-5-4-18(25)9-16(20)11-21(28)23(30)27-19-10-15-6-7-26-22(15)29(31)13-19/h1-11,13,26H,12H2,(H,27,30). The molecule has 0 radical (unpaired) electrons. The number of aromatic nitrogens is 3. The molecule has 1 amide bonds. The van der Waals surface area contributed by atoms with E-state index >= 15 is 0 Å². The van der Waals surface area contributed by atoms with Crippen LogP contribution in [0.25, 0.3) is 21.9 Å². The summed E-state index contributed by atoms with van der Waals surface area (Å²) in [5.41, 5.74) is 2.25. The Morgan fingerprint density at radius 1 is 1.03 bits per heavy atom. The minimum atomic E-state index is -0.470. The number of anilines is 1. The van der Waals surface area contributed by atoms with Crippen LogP contribution in [0.3, 0.4) is 0 Å². The maximum absolute atomic E-state index is 13.8. The lowest BCUT2D eigenvalue weighted by Crippen LogP contribution is -2.28. The normalized spacial score (nSPS) is 11.3. The van der Waals surface area contributed by atoms with Crippen LogP contribution in [0, 0.1) is 16.8 Å². The molecule has 0 saturated heterocycles. The van der Waals surface area contributed by atoms with E-state index in [1.54, 1.807) is 47.2 Å². The largest absolute Gasteiger partial charge is 0.711 e. The van der Waals surface area contributed by atoms with Gasteiger partial charge >= 0.3 is 0 Å². The molecule has 8 heteroatoms. The smallest absolute Gasteiger partial charge is 0.289 e. The summed E-state index contributed by atoms with van der Waals surface area (Å²) in [5, 5.41) is 16.1. The molecule has 3 heterocycles. The van der Waals surface area contributed by atoms with E-state index < -0.39 is 11.7 Å². The first-order valence-corrected chi connectivity index (χ1v) is 9.53. The number of fused-ring (bicyclic) bond motifs is 2. The number of carbonyl (C=O) groups is 1. The molecule has 0 aliphatic heterocycles. The summed E-state index contributed by atoms with van der Waals surface area (Å²) in [4.78, 5) is 15.9. The van der Waals surface area contributed by atoms with Crippen molar-refractivity contribution in [3.05, 3.63) is 101 Å². The van der Waals surface area contributed by atoms with Crippen LogP contribution in [0.1, 0.15) is 16.1 Å². The second kappa shape index (κ2) is 7.24. The van der Waals surface area contributed by atoms with Gasteiger partial charge in [-0.3, -0.25) is 4.79 Å². The van der Waals surface area contributed by atoms with Crippen molar-refractivity contribution in [2.75, 3.05) is 5.32 Å². The predicted octanol–water partition coefficient (Wildman–Crippen LogP) is 4.33. The van der Waals surface area contributed by atoms with Crippen molar-refractivity contribution in [3.8, 4) is 0 Å². The minimum absolute atomic E-state index is 0.216. The van der Waals surface area contributed by atoms with E-state index in [0.29, 0.717) is 37.9 Å². The van der Waals surface area contributed by atoms with Gasteiger partial charge in [-0.2, -0.15) is 0 Å². The van der Waals surface area contributed by atoms with Gasteiger partial charge < -0.3 is 15.1 Å². The highest BCUT2D eigenvalue weighted by Gasteiger charge is 2.18. The maximum Gasteiger partial charge on any atom is 0.289 e. The van der Waals surface area contributed by atoms with Gasteiger partial charge in [-0.15, -0.1) is 0 Å². The molecule has 0 saturated carbocycles. The minimum Gasteiger partial charge on any atom is -0.711 e. The third-order valence-electron chi connectivity index (χ3n) is 5.13. The second-order valence-electron chi connectivity index (χ2n) is 7.24. The van der Waals surface area contributed by atoms with E-state index in [4.69, 9.17) is 0 Å². The molecule has 0 aliphatic carbocycles. The van der Waals surface area contributed by atoms with Gasteiger partial charge in [-0.25, -0.2) is 18.5 Å². The van der Waals surface area contributed by atoms with Gasteiger partial charge in [0.15, 0.2) is 0 Å². The summed E-state index contributed by atoms with van der Waals surface area (Å²) >= 11 is 0. The summed E-state index contributed by atoms with van der Waals surface area (Å²) in [6.45, 7) is 0.216. The second-order valence-corrected chi connectivity index (χ2v) is 7.24. The molecule has 0 spiro atoms. The van der Waals surface area contributed by atoms with Crippen molar-refractivity contribution < 1.29 is 18.3 Å². The Balaban J connectivity index is 1.56. The van der Waals surface area contributed by atoms with E-state index in [0.717, 1.165) is 0 Å². The Labute approximate surface area is 174 Å². The fourth-order valence-electron chi connectivity index (χ4n) is 3.76. The first kappa shape index (κ1) is 18.8. The maximum atomic E-state index is 13.8. The highest BCUT2D eigenvalue weighted by molar-refractivity contribution is 6.06. The number of pyridine rings is 1. The zero-order valence-corrected chi connectivity index (χ0v) is 16.1. The number of hydrogen-bond donors (Lipinski definition) is 2. The number of hydrogen-bond acceptors (Lipinski definition) is 2. The molecule has 5 aromatic rings. The van der Waals surface area contributed by atoms with Crippen LogP contribution in [0.2, 0.25) is 0 Å². The molecule has 0 unspecified atom stereocenters. The van der Waals surface area contributed by atoms with Gasteiger partial charge in [0, 0.05) is 17.4 Å². The van der Waals surface area contributed by atoms with E-state index in [1.807, 2.05) is 0 Å². The van der Waals surface area contributed by atoms with Crippen molar-refractivity contribution in [2.45, 2.75) is 6.54 Å². The SMILES string of the molecule is O=C(Nc1cc2cc[nH]c2[n+]([O-])c1)c1cc2cc(F)ccc2n1Cc1cccc(F)c1. The van der Waals surface area contributed by atoms with Crippen molar-refractivity contribution in [1.82, 2.24) is 9.55 Å². The highest BCUT2D eigenvalue weighted by Crippen LogP contribution is 2.24. The summed E-state index contributed by atoms with van der Waals surface area (Å²) in [7, 11) is 0. The zero-order chi connectivity index (χ0) is 21.5. The summed E-state index contributed by atoms with van der Waals surface area (Å²) in [6, 6.07) is 15.3. The Bertz CT molecular complexity index is 1460. The van der Waals surface area contributed by atoms with Crippen LogP contribution in [0.15, 0.2) is 73.1 Å². The lowest BCUT2D eigenvalue weighted by atomic mass is 10.2. The topological polar surface area (TPSA) is 76.8 Å². The molecule has 154 valence electrons. The quantitative estimate of drug-likeness (QED) is 0.337. The van der Waals surface area contributed by atoms with Crippen molar-refractivity contribution in [2.24, 2.45) is 0 Å². The first-order valence-electron chi connectivity index (χ1n) is 9.53. The summed E-state index contributed by atoms with van der Waals surface area (Å²) < 4.78 is 29.8. The van der Waals surface area contributed by atoms with Gasteiger partial charge in [-0.1, -0.05) is 12.1 Å². The number of carbonyl (C=O) groups excluding carboxylic acids is 1. The number of amides is 1. The van der Waals surface area contributed by atoms with Crippen LogP contribution in [0.5, 0.6) is 0 Å². The zero-order valence-electron chi connectivity index (χ0n) is 16.1. The van der Waals surface area contributed by atoms with Gasteiger partial charge in [0.05, 0.1) is 17.3 Å². The average molecular weight is 418 g/mol. The molecule has 2 aromatic carbocycles. The first-order chi connectivity index (χ1) is 15.0. The molecule has 0 bridgehead atoms. The molecular weight excluding hydrogens is 402 g/mol. The Morgan fingerprint density at radius 3 is 2.71 bits per heavy atom. The van der Waals surface area contributed by atoms with Crippen molar-refractivity contribution in [3.63, 3.8) is 0 Å². The predicted molar refractivity (Wildman–Crippen MR) is 113 cm³/mol. The Morgan fingerprint density at radius 2 is 1.87 bits per heavy atom. The molecule has 5 rings (SSSR count). The van der Waals surface area contributed by atoms with Gasteiger partial charge in [0.1, 0.15) is 23.5 Å². The molecule has 0 atom stereocenters. The van der Waals surface area contributed by atoms with E-state index in [1.165, 1.54) is 30.5 Å². The van der Waals surface area contributed by atoms with Crippen LogP contribution in [-0.4, -0.2) is 15.5 Å². The molecular formula is C23H16F2N4O2. The average Bonchev–Trinajstić information content (AvgIpc) is 3.33. The van der Waals surface area contributed by atoms with Gasteiger partial charge in [-0.05, 0) is 54.1 Å². The number of aromatic amines is 1. The fourth-order valence-corrected chi connectivity index (χ4v) is 3.76. The van der Waals surface area contributed by atoms with Crippen LogP contribution >= 0.6 is 0 Å². The van der Waals surface area contributed by atoms with Gasteiger partial charge in [0.2, 0.25) is 0 Å². The number of nitrogens with one attached hydrogen (secondary N) is 2. The van der Waals surface area contributed by atoms with E-state index in [-0.39, 0.29) is 18.1 Å². The molecule has 2 N–H and O–H groups in total. The molecule has 3 aromatic heterocycles. The Kier molecular flexibility index (Phi) is 4.39. The molecule has 0 fully saturated rings. The third-order valence-corrected chi connectivity index (χ3v) is 5.13. The Hall–Kier alpha value is -4.20. The summed E-state index contributed by atoms with van der Waals surface area (Å²) in [5.74, 6) is -1.28. The van der Waals surface area contributed by atoms with Crippen LogP contribution in [0.4, 0.5) is 14.5 Å². The monoisotopic (exact) mass is 418 g/mol. The van der Waals surface area contributed by atoms with Crippen LogP contribution < -0.4 is 10.0 Å². The third kappa shape index (κ3) is 3.48. The van der Waals surface area contributed by atoms with E-state index in [2.05, 4.69) is 10.3 Å². The number of H-pyrrole nitrogens is 1. The number of halogens is 2. The van der Waals surface area contributed by atoms with Crippen LogP contribution in [-0.2, 0) is 6.54 Å². The van der Waals surface area contributed by atoms with Crippen molar-refractivity contribution in [1.29, 1.82) is 0 Å². The lowest BCUT2D eigenvalue weighted by molar-refractivity contribution is -0.578. The summed E-state index contributed by atoms with van der Waals surface area (Å²) in [6.07, 6.45) is 2.89. The van der Waals surface area contributed by atoms with Gasteiger partial charge in [0.25, 0.3) is 11.6 Å². The molecule has 31 heavy (non-hydrogen) atoms. The highest BCUT2D eigenvalue weighted by atomic mass is 19.1.